The highest BCUT2D eigenvalue weighted by atomic mass is 16.4. The molecular formula is C13H13N3O2. The number of nitriles is 1. The SMILES string of the molecule is CC(=O)O.N#Cc1ccc(Cc2ncc[nH]2)cc1. The third-order valence-corrected chi connectivity index (χ3v) is 2.01. The third-order valence-electron chi connectivity index (χ3n) is 2.01. The van der Waals surface area contributed by atoms with Crippen LogP contribution in [0.5, 0.6) is 0 Å². The van der Waals surface area contributed by atoms with E-state index in [1.54, 1.807) is 12.4 Å². The highest BCUT2D eigenvalue weighted by Crippen LogP contribution is 2.06. The van der Waals surface area contributed by atoms with Crippen LogP contribution < -0.4 is 0 Å². The smallest absolute Gasteiger partial charge is 0.300 e. The zero-order chi connectivity index (χ0) is 13.4. The van der Waals surface area contributed by atoms with E-state index in [2.05, 4.69) is 16.0 Å². The number of hydrogen-bond donors (Lipinski definition) is 2. The van der Waals surface area contributed by atoms with E-state index in [9.17, 15) is 0 Å². The Morgan fingerprint density at radius 1 is 1.44 bits per heavy atom. The molecule has 2 aromatic rings. The van der Waals surface area contributed by atoms with Crippen molar-refractivity contribution >= 4 is 5.97 Å². The highest BCUT2D eigenvalue weighted by molar-refractivity contribution is 5.62. The molecule has 2 N–H and O–H groups in total. The lowest BCUT2D eigenvalue weighted by Crippen LogP contribution is -1.90. The van der Waals surface area contributed by atoms with Gasteiger partial charge in [-0.05, 0) is 17.7 Å². The summed E-state index contributed by atoms with van der Waals surface area (Å²) in [6.45, 7) is 1.08. The zero-order valence-corrected chi connectivity index (χ0v) is 9.92. The number of hydrogen-bond acceptors (Lipinski definition) is 3. The molecule has 2 rings (SSSR count). The molecule has 0 saturated carbocycles. The number of aromatic amines is 1. The van der Waals surface area contributed by atoms with Gasteiger partial charge < -0.3 is 10.1 Å². The molecule has 5 nitrogen and oxygen atoms in total. The maximum absolute atomic E-state index is 9.00. The summed E-state index contributed by atoms with van der Waals surface area (Å²) in [5.74, 6) is 0.106. The van der Waals surface area contributed by atoms with E-state index in [1.165, 1.54) is 0 Å². The molecule has 0 aliphatic heterocycles. The molecule has 0 unspecified atom stereocenters. The van der Waals surface area contributed by atoms with Crippen LogP contribution in [0.3, 0.4) is 0 Å². The molecule has 1 aromatic heterocycles. The predicted octanol–water partition coefficient (Wildman–Crippen LogP) is 1.96. The molecule has 1 heterocycles. The average molecular weight is 243 g/mol. The minimum absolute atomic E-state index is 0.688. The van der Waals surface area contributed by atoms with Gasteiger partial charge in [0, 0.05) is 25.7 Å². The van der Waals surface area contributed by atoms with Crippen molar-refractivity contribution < 1.29 is 9.90 Å². The van der Waals surface area contributed by atoms with Gasteiger partial charge >= 0.3 is 0 Å². The number of carbonyl (C=O) groups is 1. The molecule has 0 aliphatic carbocycles. The van der Waals surface area contributed by atoms with Gasteiger partial charge in [0.25, 0.3) is 5.97 Å². The molecule has 0 atom stereocenters. The van der Waals surface area contributed by atoms with Gasteiger partial charge in [0.2, 0.25) is 0 Å². The van der Waals surface area contributed by atoms with Gasteiger partial charge in [0.1, 0.15) is 5.82 Å². The first kappa shape index (κ1) is 13.5. The molecule has 0 fully saturated rings. The van der Waals surface area contributed by atoms with Gasteiger partial charge in [-0.1, -0.05) is 12.1 Å². The summed E-state index contributed by atoms with van der Waals surface area (Å²) in [6.07, 6.45) is 4.32. The Kier molecular flexibility index (Phi) is 5.13. The molecule has 0 radical (unpaired) electrons. The maximum Gasteiger partial charge on any atom is 0.300 e. The fourth-order valence-electron chi connectivity index (χ4n) is 1.29. The Labute approximate surface area is 105 Å². The number of imidazole rings is 1. The van der Waals surface area contributed by atoms with E-state index in [4.69, 9.17) is 15.2 Å². The lowest BCUT2D eigenvalue weighted by molar-refractivity contribution is -0.134. The summed E-state index contributed by atoms with van der Waals surface area (Å²) < 4.78 is 0. The summed E-state index contributed by atoms with van der Waals surface area (Å²) in [5.41, 5.74) is 1.84. The average Bonchev–Trinajstić information content (AvgIpc) is 2.82. The number of H-pyrrole nitrogens is 1. The monoisotopic (exact) mass is 243 g/mol. The second-order valence-electron chi connectivity index (χ2n) is 3.54. The van der Waals surface area contributed by atoms with Crippen LogP contribution in [0.25, 0.3) is 0 Å². The number of carboxylic acid groups (broad SMARTS) is 1. The van der Waals surface area contributed by atoms with Gasteiger partial charge in [-0.25, -0.2) is 4.98 Å². The van der Waals surface area contributed by atoms with Crippen LogP contribution in [0.4, 0.5) is 0 Å². The van der Waals surface area contributed by atoms with E-state index in [0.717, 1.165) is 24.7 Å². The van der Waals surface area contributed by atoms with Crippen LogP contribution in [-0.4, -0.2) is 21.0 Å². The lowest BCUT2D eigenvalue weighted by atomic mass is 10.1. The first-order valence-corrected chi connectivity index (χ1v) is 5.28. The van der Waals surface area contributed by atoms with Crippen molar-refractivity contribution in [2.24, 2.45) is 0 Å². The molecule has 0 spiro atoms. The van der Waals surface area contributed by atoms with Crippen molar-refractivity contribution in [3.63, 3.8) is 0 Å². The Morgan fingerprint density at radius 3 is 2.50 bits per heavy atom. The summed E-state index contributed by atoms with van der Waals surface area (Å²) in [4.78, 5) is 16.2. The number of benzene rings is 1. The molecule has 0 amide bonds. The number of nitrogens with one attached hydrogen (secondary N) is 1. The first-order chi connectivity index (χ1) is 8.61. The van der Waals surface area contributed by atoms with Gasteiger partial charge in [0.15, 0.2) is 0 Å². The Morgan fingerprint density at radius 2 is 2.06 bits per heavy atom. The minimum atomic E-state index is -0.833. The van der Waals surface area contributed by atoms with Crippen molar-refractivity contribution in [2.75, 3.05) is 0 Å². The second kappa shape index (κ2) is 6.86. The fourth-order valence-corrected chi connectivity index (χ4v) is 1.29. The topological polar surface area (TPSA) is 89.8 Å². The van der Waals surface area contributed by atoms with E-state index >= 15 is 0 Å². The minimum Gasteiger partial charge on any atom is -0.481 e. The standard InChI is InChI=1S/C11H9N3.C2H4O2/c12-8-10-3-1-9(2-4-10)7-11-13-5-6-14-11;1-2(3)4/h1-6H,7H2,(H,13,14);1H3,(H,3,4). The van der Waals surface area contributed by atoms with Crippen molar-refractivity contribution in [1.82, 2.24) is 9.97 Å². The van der Waals surface area contributed by atoms with Crippen LogP contribution >= 0.6 is 0 Å². The van der Waals surface area contributed by atoms with Crippen LogP contribution in [0, 0.1) is 11.3 Å². The molecule has 1 aromatic carbocycles. The Hall–Kier alpha value is -2.61. The molecule has 18 heavy (non-hydrogen) atoms. The molecule has 92 valence electrons. The first-order valence-electron chi connectivity index (χ1n) is 5.28. The van der Waals surface area contributed by atoms with Gasteiger partial charge in [-0.15, -0.1) is 0 Å². The van der Waals surface area contributed by atoms with Crippen molar-refractivity contribution in [3.05, 3.63) is 53.6 Å². The molecule has 0 saturated heterocycles. The summed E-state index contributed by atoms with van der Waals surface area (Å²) in [6, 6.07) is 9.62. The largest absolute Gasteiger partial charge is 0.481 e. The van der Waals surface area contributed by atoms with E-state index in [0.29, 0.717) is 5.56 Å². The van der Waals surface area contributed by atoms with Crippen molar-refractivity contribution in [2.45, 2.75) is 13.3 Å². The van der Waals surface area contributed by atoms with Gasteiger partial charge in [0.05, 0.1) is 11.6 Å². The second-order valence-corrected chi connectivity index (χ2v) is 3.54. The summed E-state index contributed by atoms with van der Waals surface area (Å²) in [5, 5.41) is 16.0. The zero-order valence-electron chi connectivity index (χ0n) is 9.92. The number of rotatable bonds is 2. The maximum atomic E-state index is 9.00. The van der Waals surface area contributed by atoms with Crippen LogP contribution in [0.1, 0.15) is 23.9 Å². The Bertz CT molecular complexity index is 520. The van der Waals surface area contributed by atoms with Crippen molar-refractivity contribution in [3.8, 4) is 6.07 Å². The molecule has 0 aliphatic rings. The number of aliphatic carboxylic acids is 1. The van der Waals surface area contributed by atoms with Crippen LogP contribution in [-0.2, 0) is 11.2 Å². The quantitative estimate of drug-likeness (QED) is 0.843. The molecule has 5 heteroatoms. The third kappa shape index (κ3) is 4.94. The van der Waals surface area contributed by atoms with Gasteiger partial charge in [-0.3, -0.25) is 4.79 Å². The number of nitrogens with zero attached hydrogens (tertiary/aromatic N) is 2. The predicted molar refractivity (Wildman–Crippen MR) is 65.9 cm³/mol. The lowest BCUT2D eigenvalue weighted by Gasteiger charge is -1.97. The van der Waals surface area contributed by atoms with E-state index in [1.807, 2.05) is 24.3 Å². The van der Waals surface area contributed by atoms with Crippen LogP contribution in [0.2, 0.25) is 0 Å². The summed E-state index contributed by atoms with van der Waals surface area (Å²) >= 11 is 0. The Balaban J connectivity index is 0.000000357. The fraction of sp³-hybridized carbons (Fsp3) is 0.154. The van der Waals surface area contributed by atoms with Crippen molar-refractivity contribution in [1.29, 1.82) is 5.26 Å². The van der Waals surface area contributed by atoms with E-state index < -0.39 is 5.97 Å². The molecule has 0 bridgehead atoms. The van der Waals surface area contributed by atoms with Crippen LogP contribution in [0.15, 0.2) is 36.7 Å². The molecular weight excluding hydrogens is 230 g/mol. The number of aromatic nitrogens is 2. The number of carboxylic acids is 1. The normalized spacial score (nSPS) is 8.89. The highest BCUT2D eigenvalue weighted by Gasteiger charge is 1.97. The van der Waals surface area contributed by atoms with E-state index in [-0.39, 0.29) is 0 Å². The summed E-state index contributed by atoms with van der Waals surface area (Å²) in [7, 11) is 0. The van der Waals surface area contributed by atoms with Gasteiger partial charge in [-0.2, -0.15) is 5.26 Å².